The van der Waals surface area contributed by atoms with Gasteiger partial charge in [0.05, 0.1) is 47.3 Å². The van der Waals surface area contributed by atoms with Gasteiger partial charge < -0.3 is 33.2 Å². The fourth-order valence-electron chi connectivity index (χ4n) is 7.70. The number of thiophene rings is 1. The quantitative estimate of drug-likeness (QED) is 0.0856. The van der Waals surface area contributed by atoms with Crippen molar-refractivity contribution < 1.29 is 33.2 Å². The molecule has 8 rings (SSSR count). The Morgan fingerprint density at radius 3 is 1.58 bits per heavy atom. The van der Waals surface area contributed by atoms with E-state index >= 15 is 0 Å². The van der Waals surface area contributed by atoms with E-state index in [1.54, 1.807) is 25.6 Å². The van der Waals surface area contributed by atoms with Crippen molar-refractivity contribution in [1.82, 2.24) is 0 Å². The Bertz CT molecular complexity index is 2300. The highest BCUT2D eigenvalue weighted by Gasteiger charge is 2.50. The Morgan fingerprint density at radius 1 is 0.508 bits per heavy atom. The highest BCUT2D eigenvalue weighted by atomic mass is 32.1. The summed E-state index contributed by atoms with van der Waals surface area (Å²) in [6.45, 7) is 1.73. The van der Waals surface area contributed by atoms with Crippen molar-refractivity contribution in [3.8, 4) is 11.5 Å². The van der Waals surface area contributed by atoms with E-state index in [-0.39, 0.29) is 6.61 Å². The van der Waals surface area contributed by atoms with Crippen molar-refractivity contribution in [3.63, 3.8) is 0 Å². The van der Waals surface area contributed by atoms with Crippen LogP contribution < -0.4 is 9.47 Å². The number of methoxy groups -OCH3 is 2. The lowest BCUT2D eigenvalue weighted by Gasteiger charge is -2.46. The first-order valence-corrected chi connectivity index (χ1v) is 20.9. The molecule has 2 heterocycles. The number of benzene rings is 6. The van der Waals surface area contributed by atoms with Crippen molar-refractivity contribution >= 4 is 21.4 Å². The summed E-state index contributed by atoms with van der Waals surface area (Å²) in [5, 5.41) is 1.23. The first kappa shape index (κ1) is 40.5. The summed E-state index contributed by atoms with van der Waals surface area (Å²) in [6.07, 6.45) is -2.27. The lowest BCUT2D eigenvalue weighted by Crippen LogP contribution is -2.58. The largest absolute Gasteiger partial charge is 0.496 e. The molecule has 6 aromatic carbocycles. The first-order chi connectivity index (χ1) is 29.1. The molecule has 7 aromatic rings. The van der Waals surface area contributed by atoms with Gasteiger partial charge in [-0.1, -0.05) is 140 Å². The van der Waals surface area contributed by atoms with Gasteiger partial charge in [-0.2, -0.15) is 0 Å². The second-order valence-electron chi connectivity index (χ2n) is 14.7. The molecule has 0 N–H and O–H groups in total. The van der Waals surface area contributed by atoms with E-state index in [0.29, 0.717) is 38.6 Å². The molecule has 0 unspecified atom stereocenters. The minimum absolute atomic E-state index is 0.258. The van der Waals surface area contributed by atoms with Gasteiger partial charge >= 0.3 is 0 Å². The van der Waals surface area contributed by atoms with Crippen molar-refractivity contribution in [2.24, 2.45) is 0 Å². The van der Waals surface area contributed by atoms with Crippen LogP contribution in [-0.2, 0) is 56.5 Å². The molecule has 1 aliphatic rings. The van der Waals surface area contributed by atoms with E-state index < -0.39 is 30.5 Å². The third kappa shape index (κ3) is 10.3. The molecule has 0 bridgehead atoms. The predicted molar refractivity (Wildman–Crippen MR) is 233 cm³/mol. The molecular weight excluding hydrogens is 757 g/mol. The Labute approximate surface area is 351 Å². The van der Waals surface area contributed by atoms with E-state index in [9.17, 15) is 0 Å². The van der Waals surface area contributed by atoms with Crippen LogP contribution in [0.1, 0.15) is 44.4 Å². The lowest BCUT2D eigenvalue weighted by molar-refractivity contribution is -0.275. The second-order valence-corrected chi connectivity index (χ2v) is 15.9. The highest BCUT2D eigenvalue weighted by Crippen LogP contribution is 2.44. The SMILES string of the molecule is COc1cc(OC)c([C@@H]2O[C@H](COCc3ccccc3)[C@@H](OCc3ccccc3)[C@H](OCc3ccccc3)[C@H]2OCc2ccccc2)cc1Cc1cc2ccccc2s1. The van der Waals surface area contributed by atoms with E-state index in [2.05, 4.69) is 84.9 Å². The van der Waals surface area contributed by atoms with Crippen LogP contribution in [0.15, 0.2) is 164 Å². The lowest BCUT2D eigenvalue weighted by atomic mass is 9.88. The van der Waals surface area contributed by atoms with Crippen LogP contribution >= 0.6 is 11.3 Å². The molecule has 0 amide bonds. The fourth-order valence-corrected chi connectivity index (χ4v) is 8.79. The molecule has 7 nitrogen and oxygen atoms in total. The Balaban J connectivity index is 1.21. The molecule has 1 fully saturated rings. The average molecular weight is 807 g/mol. The predicted octanol–water partition coefficient (Wildman–Crippen LogP) is 10.9. The third-order valence-corrected chi connectivity index (χ3v) is 11.8. The highest BCUT2D eigenvalue weighted by molar-refractivity contribution is 7.19. The van der Waals surface area contributed by atoms with Crippen molar-refractivity contribution in [2.75, 3.05) is 20.8 Å². The van der Waals surface area contributed by atoms with E-state index in [1.165, 1.54) is 15.0 Å². The summed E-state index contributed by atoms with van der Waals surface area (Å²) in [4.78, 5) is 1.23. The number of fused-ring (bicyclic) bond motifs is 1. The van der Waals surface area contributed by atoms with Gasteiger partial charge in [-0.25, -0.2) is 0 Å². The zero-order valence-corrected chi connectivity index (χ0v) is 34.3. The molecule has 1 aliphatic heterocycles. The maximum atomic E-state index is 7.29. The summed E-state index contributed by atoms with van der Waals surface area (Å²) in [7, 11) is 3.39. The summed E-state index contributed by atoms with van der Waals surface area (Å²) in [6, 6.07) is 55.6. The average Bonchev–Trinajstić information content (AvgIpc) is 3.71. The van der Waals surface area contributed by atoms with Crippen LogP contribution in [0.25, 0.3) is 10.1 Å². The van der Waals surface area contributed by atoms with Crippen LogP contribution in [0.4, 0.5) is 0 Å². The molecule has 0 radical (unpaired) electrons. The summed E-state index contributed by atoms with van der Waals surface area (Å²) in [5.41, 5.74) is 6.06. The van der Waals surface area contributed by atoms with Crippen LogP contribution in [0.5, 0.6) is 11.5 Å². The topological polar surface area (TPSA) is 64.6 Å². The molecule has 8 heteroatoms. The monoisotopic (exact) mass is 806 g/mol. The van der Waals surface area contributed by atoms with Gasteiger partial charge in [0.25, 0.3) is 0 Å². The van der Waals surface area contributed by atoms with Gasteiger partial charge in [0.2, 0.25) is 0 Å². The first-order valence-electron chi connectivity index (χ1n) is 20.1. The number of hydrogen-bond donors (Lipinski definition) is 0. The van der Waals surface area contributed by atoms with Gasteiger partial charge in [0, 0.05) is 27.6 Å². The summed E-state index contributed by atoms with van der Waals surface area (Å²) in [5.74, 6) is 1.37. The number of rotatable bonds is 18. The molecule has 302 valence electrons. The minimum atomic E-state index is -0.636. The molecule has 1 aromatic heterocycles. The maximum absolute atomic E-state index is 7.29. The Morgan fingerprint density at radius 2 is 1.02 bits per heavy atom. The van der Waals surface area contributed by atoms with Crippen molar-refractivity contribution in [2.45, 2.75) is 63.4 Å². The molecule has 59 heavy (non-hydrogen) atoms. The van der Waals surface area contributed by atoms with Gasteiger partial charge in [0.15, 0.2) is 0 Å². The number of ether oxygens (including phenoxy) is 7. The van der Waals surface area contributed by atoms with Gasteiger partial charge in [0.1, 0.15) is 42.0 Å². The molecule has 1 saturated heterocycles. The van der Waals surface area contributed by atoms with Crippen LogP contribution in [0, 0.1) is 0 Å². The van der Waals surface area contributed by atoms with Gasteiger partial charge in [-0.05, 0) is 51.4 Å². The zero-order valence-electron chi connectivity index (χ0n) is 33.5. The van der Waals surface area contributed by atoms with Crippen LogP contribution in [0.2, 0.25) is 0 Å². The summed E-state index contributed by atoms with van der Waals surface area (Å²) >= 11 is 1.79. The van der Waals surface area contributed by atoms with E-state index in [4.69, 9.17) is 33.2 Å². The van der Waals surface area contributed by atoms with Gasteiger partial charge in [-0.15, -0.1) is 11.3 Å². The molecule has 0 saturated carbocycles. The van der Waals surface area contributed by atoms with Gasteiger partial charge in [-0.3, -0.25) is 0 Å². The van der Waals surface area contributed by atoms with Crippen molar-refractivity contribution in [1.29, 1.82) is 0 Å². The van der Waals surface area contributed by atoms with Crippen LogP contribution in [0.3, 0.4) is 0 Å². The molecular formula is C51H50O7S. The second kappa shape index (κ2) is 20.1. The zero-order chi connectivity index (χ0) is 40.2. The number of hydrogen-bond acceptors (Lipinski definition) is 8. The summed E-state index contributed by atoms with van der Waals surface area (Å²) < 4.78 is 48.2. The fraction of sp³-hybridized carbons (Fsp3) is 0.255. The molecule has 0 spiro atoms. The standard InChI is InChI=1S/C51H50O7S/c1-52-44-30-45(53-2)43(29-41(44)28-42-27-40-25-15-16-26-47(40)59-42)48-50(56-33-38-21-11-5-12-22-38)51(57-34-39-23-13-6-14-24-39)49(55-32-37-19-9-4-10-20-37)46(58-48)35-54-31-36-17-7-3-8-18-36/h3-27,29-30,46,48-51H,28,31-35H2,1-2H3/t46-,48+,49-,50+,51+/m1/s1. The Hall–Kier alpha value is -5.32. The third-order valence-electron chi connectivity index (χ3n) is 10.7. The minimum Gasteiger partial charge on any atom is -0.496 e. The normalized spacial score (nSPS) is 19.1. The van der Waals surface area contributed by atoms with E-state index in [0.717, 1.165) is 39.1 Å². The smallest absolute Gasteiger partial charge is 0.128 e. The van der Waals surface area contributed by atoms with Crippen molar-refractivity contribution in [3.05, 3.63) is 202 Å². The maximum Gasteiger partial charge on any atom is 0.128 e. The van der Waals surface area contributed by atoms with Crippen LogP contribution in [-0.4, -0.2) is 45.2 Å². The van der Waals surface area contributed by atoms with E-state index in [1.807, 2.05) is 78.9 Å². The Kier molecular flexibility index (Phi) is 13.8. The molecule has 5 atom stereocenters. The molecule has 0 aliphatic carbocycles.